The summed E-state index contributed by atoms with van der Waals surface area (Å²) in [6, 6.07) is 12.5. The van der Waals surface area contributed by atoms with E-state index in [2.05, 4.69) is 85.7 Å². The molecule has 3 heteroatoms. The third-order valence-electron chi connectivity index (χ3n) is 8.59. The van der Waals surface area contributed by atoms with Crippen LogP contribution in [0.3, 0.4) is 0 Å². The summed E-state index contributed by atoms with van der Waals surface area (Å²) in [7, 11) is 0. The van der Waals surface area contributed by atoms with Gasteiger partial charge in [-0.1, -0.05) is 0 Å². The van der Waals surface area contributed by atoms with E-state index in [4.69, 9.17) is 0 Å². The Morgan fingerprint density at radius 2 is 1.33 bits per heavy atom. The van der Waals surface area contributed by atoms with Crippen LogP contribution < -0.4 is 0 Å². The molecule has 0 spiro atoms. The van der Waals surface area contributed by atoms with Crippen molar-refractivity contribution in [2.24, 2.45) is 11.8 Å². The molecule has 2 aromatic carbocycles. The topological polar surface area (TPSA) is 20.2 Å². The second kappa shape index (κ2) is 8.33. The van der Waals surface area contributed by atoms with Crippen LogP contribution in [-0.4, -0.2) is 34.1 Å². The maximum absolute atomic E-state index is 10.8. The molecule has 0 bridgehead atoms. The van der Waals surface area contributed by atoms with Crippen molar-refractivity contribution < 1.29 is 5.11 Å². The molecule has 0 saturated heterocycles. The molecule has 2 aliphatic carbocycles. The van der Waals surface area contributed by atoms with Crippen LogP contribution in [-0.2, 0) is 17.4 Å². The van der Waals surface area contributed by atoms with Crippen LogP contribution in [0.5, 0.6) is 0 Å². The second-order valence-electron chi connectivity index (χ2n) is 12.7. The molecule has 2 heterocycles. The quantitative estimate of drug-likeness (QED) is 0.230. The molecule has 2 aliphatic rings. The zero-order valence-electron chi connectivity index (χ0n) is 22.9. The van der Waals surface area contributed by atoms with Gasteiger partial charge in [-0.25, -0.2) is 0 Å². The van der Waals surface area contributed by atoms with Crippen molar-refractivity contribution >= 4 is 39.8 Å². The minimum absolute atomic E-state index is 0.0473. The van der Waals surface area contributed by atoms with E-state index in [0.29, 0.717) is 40.8 Å². The molecule has 0 saturated carbocycles. The predicted octanol–water partition coefficient (Wildman–Crippen LogP) is 7.73. The monoisotopic (exact) mass is 610 g/mol. The Hall–Kier alpha value is -1.34. The molecule has 2 aromatic heterocycles. The van der Waals surface area contributed by atoms with Gasteiger partial charge in [0.15, 0.2) is 0 Å². The van der Waals surface area contributed by atoms with E-state index in [-0.39, 0.29) is 17.4 Å². The number of hydrogen-bond donors (Lipinski definition) is 1. The van der Waals surface area contributed by atoms with E-state index in [9.17, 15) is 5.11 Å². The minimum atomic E-state index is -0.0473. The van der Waals surface area contributed by atoms with Gasteiger partial charge in [-0.3, -0.25) is 0 Å². The van der Waals surface area contributed by atoms with Gasteiger partial charge in [0.25, 0.3) is 0 Å². The molecule has 1 nitrogen and oxygen atoms in total. The Morgan fingerprint density at radius 3 is 1.92 bits per heavy atom. The number of aliphatic hydroxyl groups is 1. The number of aliphatic hydroxyl groups excluding tert-OH is 1. The van der Waals surface area contributed by atoms with Crippen molar-refractivity contribution in [1.29, 1.82) is 0 Å². The van der Waals surface area contributed by atoms with Crippen molar-refractivity contribution in [3.8, 4) is 20.0 Å². The van der Waals surface area contributed by atoms with Gasteiger partial charge in [-0.2, -0.15) is 0 Å². The zero-order chi connectivity index (χ0) is 25.7. The second-order valence-corrected chi connectivity index (χ2v) is 17.9. The standard InChI is InChI=1S/C33H38OSe2/c1-17(2)14-33(15-18(3)4)26-12-21-11-24-29(32(7,8)27-9-19(5)36-31(24)27)25(16-34)22(21)13-23(26)30-28(33)10-20(6)35-30/h9-13,17-18,34H,14-16H2,1-8H3. The van der Waals surface area contributed by atoms with E-state index in [1.165, 1.54) is 50.3 Å². The van der Waals surface area contributed by atoms with E-state index >= 15 is 0 Å². The van der Waals surface area contributed by atoms with Crippen LogP contribution >= 0.6 is 0 Å². The van der Waals surface area contributed by atoms with Crippen LogP contribution in [0.25, 0.3) is 30.8 Å². The summed E-state index contributed by atoms with van der Waals surface area (Å²) in [4.78, 5) is 0. The fourth-order valence-electron chi connectivity index (χ4n) is 7.61. The number of fused-ring (bicyclic) bond motifs is 7. The van der Waals surface area contributed by atoms with Gasteiger partial charge >= 0.3 is 229 Å². The first-order valence-electron chi connectivity index (χ1n) is 13.5. The number of aryl methyl sites for hydroxylation is 2. The van der Waals surface area contributed by atoms with Gasteiger partial charge in [0.1, 0.15) is 0 Å². The normalized spacial score (nSPS) is 16.6. The van der Waals surface area contributed by atoms with Crippen LogP contribution in [0.4, 0.5) is 0 Å². The van der Waals surface area contributed by atoms with Crippen molar-refractivity contribution in [3.63, 3.8) is 0 Å². The molecule has 0 amide bonds. The molecule has 0 aliphatic heterocycles. The molecule has 0 unspecified atom stereocenters. The average Bonchev–Trinajstić information content (AvgIpc) is 3.47. The first kappa shape index (κ1) is 25.0. The predicted molar refractivity (Wildman–Crippen MR) is 156 cm³/mol. The average molecular weight is 609 g/mol. The summed E-state index contributed by atoms with van der Waals surface area (Å²) in [6.07, 6.45) is 2.41. The number of hydrogen-bond acceptors (Lipinski definition) is 1. The Bertz CT molecular complexity index is 1520. The SMILES string of the molecule is Cc1cc2c([se]1)-c1cc3cc4c(cc3c(CO)c1C2(C)C)-c1[se]c(C)cc1C4(CC(C)C)CC(C)C. The van der Waals surface area contributed by atoms with Gasteiger partial charge in [-0.05, 0) is 0 Å². The van der Waals surface area contributed by atoms with Crippen molar-refractivity contribution in [2.75, 3.05) is 0 Å². The third-order valence-corrected chi connectivity index (χ3v) is 13.1. The van der Waals surface area contributed by atoms with Gasteiger partial charge in [0.05, 0.1) is 0 Å². The summed E-state index contributed by atoms with van der Waals surface area (Å²) in [5.74, 6) is 1.27. The molecule has 188 valence electrons. The Morgan fingerprint density at radius 1 is 0.750 bits per heavy atom. The molecular weight excluding hydrogens is 570 g/mol. The Kier molecular flexibility index (Phi) is 5.77. The van der Waals surface area contributed by atoms with E-state index in [1.54, 1.807) is 24.4 Å². The molecule has 36 heavy (non-hydrogen) atoms. The van der Waals surface area contributed by atoms with Gasteiger partial charge < -0.3 is 0 Å². The summed E-state index contributed by atoms with van der Waals surface area (Å²) in [5.41, 5.74) is 10.2. The van der Waals surface area contributed by atoms with Gasteiger partial charge in [0.2, 0.25) is 0 Å². The fourth-order valence-corrected chi connectivity index (χ4v) is 12.5. The molecule has 6 rings (SSSR count). The zero-order valence-corrected chi connectivity index (χ0v) is 26.4. The van der Waals surface area contributed by atoms with Gasteiger partial charge in [-0.15, -0.1) is 0 Å². The molecule has 0 fully saturated rings. The first-order chi connectivity index (χ1) is 17.0. The van der Waals surface area contributed by atoms with E-state index in [1.807, 2.05) is 0 Å². The summed E-state index contributed by atoms with van der Waals surface area (Å²) in [5, 5.41) is 13.4. The number of rotatable bonds is 5. The fraction of sp³-hybridized carbons (Fsp3) is 0.455. The molecule has 1 N–H and O–H groups in total. The molecule has 0 radical (unpaired) electrons. The van der Waals surface area contributed by atoms with Crippen LogP contribution in [0.2, 0.25) is 0 Å². The Labute approximate surface area is 228 Å². The molecule has 4 aromatic rings. The van der Waals surface area contributed by atoms with Crippen molar-refractivity contribution in [1.82, 2.24) is 0 Å². The van der Waals surface area contributed by atoms with Crippen LogP contribution in [0.15, 0.2) is 30.3 Å². The summed E-state index contributed by atoms with van der Waals surface area (Å²) in [6.45, 7) is 19.0. The van der Waals surface area contributed by atoms with E-state index in [0.717, 1.165) is 5.56 Å². The maximum atomic E-state index is 10.8. The van der Waals surface area contributed by atoms with Crippen LogP contribution in [0.1, 0.15) is 91.1 Å². The first-order valence-corrected chi connectivity index (χ1v) is 16.9. The van der Waals surface area contributed by atoms with Gasteiger partial charge in [0, 0.05) is 0 Å². The third kappa shape index (κ3) is 3.36. The van der Waals surface area contributed by atoms with Crippen LogP contribution in [0, 0.1) is 25.7 Å². The molecular formula is C33H38OSe2. The van der Waals surface area contributed by atoms with E-state index < -0.39 is 0 Å². The summed E-state index contributed by atoms with van der Waals surface area (Å²) >= 11 is 0.790. The molecule has 0 atom stereocenters. The van der Waals surface area contributed by atoms with Crippen molar-refractivity contribution in [2.45, 2.75) is 85.7 Å². The van der Waals surface area contributed by atoms with Crippen molar-refractivity contribution in [3.05, 3.63) is 67.0 Å². The number of benzene rings is 2. The summed E-state index contributed by atoms with van der Waals surface area (Å²) < 4.78 is 6.24. The Balaban J connectivity index is 1.70.